The minimum absolute atomic E-state index is 0.209. The van der Waals surface area contributed by atoms with Gasteiger partial charge in [-0.2, -0.15) is 13.2 Å². The van der Waals surface area contributed by atoms with E-state index in [1.54, 1.807) is 0 Å². The number of alkyl halides is 3. The Hall–Kier alpha value is -0.890. The molecule has 0 heterocycles. The van der Waals surface area contributed by atoms with E-state index in [1.165, 1.54) is 0 Å². The number of aliphatic hydroxyl groups excluding tert-OH is 1. The lowest BCUT2D eigenvalue weighted by Gasteiger charge is -2.17. The van der Waals surface area contributed by atoms with E-state index in [0.29, 0.717) is 12.1 Å². The van der Waals surface area contributed by atoms with Crippen LogP contribution in [0, 0.1) is 0 Å². The molecule has 0 unspecified atom stereocenters. The molecular formula is C8H6F6OS. The number of hydrogen-bond acceptors (Lipinski definition) is 1. The van der Waals surface area contributed by atoms with E-state index in [1.807, 2.05) is 0 Å². The van der Waals surface area contributed by atoms with Crippen LogP contribution in [0.2, 0.25) is 0 Å². The van der Waals surface area contributed by atoms with Gasteiger partial charge in [0, 0.05) is 0 Å². The highest BCUT2D eigenvalue weighted by molar-refractivity contribution is 8.21. The van der Waals surface area contributed by atoms with Gasteiger partial charge in [-0.15, -0.1) is 11.7 Å². The normalized spacial score (nSPS) is 13.9. The second kappa shape index (κ2) is 4.17. The number of hydrogen-bond donors (Lipinski definition) is 1. The predicted octanol–water partition coefficient (Wildman–Crippen LogP) is 4.01. The van der Waals surface area contributed by atoms with Crippen LogP contribution in [0.15, 0.2) is 23.1 Å². The summed E-state index contributed by atoms with van der Waals surface area (Å²) in [5.74, 6) is 0. The Balaban J connectivity index is 3.40. The topological polar surface area (TPSA) is 20.2 Å². The molecule has 1 aromatic rings. The molecule has 0 aromatic heterocycles. The molecule has 0 amide bonds. The molecule has 1 nitrogen and oxygen atoms in total. The third-order valence-corrected chi connectivity index (χ3v) is 2.64. The molecule has 0 saturated heterocycles. The smallest absolute Gasteiger partial charge is 0.392 e. The van der Waals surface area contributed by atoms with Crippen LogP contribution in [-0.2, 0) is 12.8 Å². The van der Waals surface area contributed by atoms with Crippen molar-refractivity contribution < 1.29 is 29.9 Å². The second-order valence-corrected chi connectivity index (χ2v) is 4.15. The summed E-state index contributed by atoms with van der Waals surface area (Å²) in [6.45, 7) is -0.740. The van der Waals surface area contributed by atoms with Gasteiger partial charge in [0.05, 0.1) is 17.1 Å². The fourth-order valence-corrected chi connectivity index (χ4v) is 1.75. The molecular weight excluding hydrogens is 258 g/mol. The summed E-state index contributed by atoms with van der Waals surface area (Å²) in [7, 11) is 0. The molecule has 0 bridgehead atoms. The molecule has 0 fully saturated rings. The highest BCUT2D eigenvalue weighted by Gasteiger charge is 2.40. The first-order valence-electron chi connectivity index (χ1n) is 3.89. The molecule has 0 spiro atoms. The molecule has 16 heavy (non-hydrogen) atoms. The fraction of sp³-hybridized carbons (Fsp3) is 0.250. The van der Waals surface area contributed by atoms with Crippen LogP contribution >= 0.6 is 11.2 Å². The first-order valence-corrected chi connectivity index (χ1v) is 5.23. The molecule has 0 aliphatic heterocycles. The maximum atomic E-state index is 12.3. The average Bonchev–Trinajstić information content (AvgIpc) is 2.14. The lowest BCUT2D eigenvalue weighted by Crippen LogP contribution is -2.09. The number of benzene rings is 1. The van der Waals surface area contributed by atoms with Crippen molar-refractivity contribution in [1.82, 2.24) is 0 Å². The number of halogens is 6. The zero-order valence-corrected chi connectivity index (χ0v) is 8.38. The summed E-state index contributed by atoms with van der Waals surface area (Å²) < 4.78 is 74.0. The molecule has 1 N–H and O–H groups in total. The second-order valence-electron chi connectivity index (χ2n) is 2.89. The predicted molar refractivity (Wildman–Crippen MR) is 46.5 cm³/mol. The van der Waals surface area contributed by atoms with Gasteiger partial charge in [0.15, 0.2) is 0 Å². The van der Waals surface area contributed by atoms with Gasteiger partial charge in [0.2, 0.25) is 11.2 Å². The van der Waals surface area contributed by atoms with E-state index in [-0.39, 0.29) is 5.56 Å². The van der Waals surface area contributed by atoms with Crippen molar-refractivity contribution in [3.63, 3.8) is 0 Å². The minimum atomic E-state index is -5.94. The van der Waals surface area contributed by atoms with Crippen LogP contribution in [-0.4, -0.2) is 5.11 Å². The van der Waals surface area contributed by atoms with Gasteiger partial charge in [-0.25, -0.2) is 0 Å². The van der Waals surface area contributed by atoms with Crippen molar-refractivity contribution in [2.45, 2.75) is 17.7 Å². The van der Waals surface area contributed by atoms with Crippen LogP contribution in [0.1, 0.15) is 11.1 Å². The third kappa shape index (κ3) is 2.82. The van der Waals surface area contributed by atoms with Gasteiger partial charge in [0.25, 0.3) is 0 Å². The zero-order chi connectivity index (χ0) is 12.6. The minimum Gasteiger partial charge on any atom is -0.392 e. The maximum absolute atomic E-state index is 12.3. The quantitative estimate of drug-likeness (QED) is 0.800. The van der Waals surface area contributed by atoms with Crippen LogP contribution in [0.5, 0.6) is 0 Å². The molecule has 0 aliphatic carbocycles. The van der Waals surface area contributed by atoms with E-state index < -0.39 is 34.4 Å². The van der Waals surface area contributed by atoms with E-state index in [4.69, 9.17) is 5.11 Å². The van der Waals surface area contributed by atoms with Crippen LogP contribution in [0.3, 0.4) is 0 Å². The molecule has 8 heteroatoms. The largest absolute Gasteiger partial charge is 0.417 e. The van der Waals surface area contributed by atoms with E-state index in [2.05, 4.69) is 0 Å². The van der Waals surface area contributed by atoms with Crippen molar-refractivity contribution in [2.24, 2.45) is 0 Å². The first kappa shape index (κ1) is 13.2. The first-order chi connectivity index (χ1) is 7.16. The Kier molecular flexibility index (Phi) is 3.44. The van der Waals surface area contributed by atoms with Gasteiger partial charge in [0.1, 0.15) is 0 Å². The highest BCUT2D eigenvalue weighted by Crippen LogP contribution is 2.63. The standard InChI is InChI=1S/C8H6F6OS/c9-8(10,11)6-3-5(4-15)1-2-7(6)16(12,13)14/h1-3,15H,4H2. The molecule has 0 aliphatic rings. The highest BCUT2D eigenvalue weighted by atomic mass is 32.3. The molecule has 0 saturated carbocycles. The SMILES string of the molecule is OCc1ccc(S(F)(F)F)c(C(F)(F)F)c1. The van der Waals surface area contributed by atoms with Crippen LogP contribution < -0.4 is 0 Å². The van der Waals surface area contributed by atoms with Gasteiger partial charge >= 0.3 is 6.18 Å². The molecule has 1 rings (SSSR count). The summed E-state index contributed by atoms with van der Waals surface area (Å²) in [6, 6.07) is 1.49. The van der Waals surface area contributed by atoms with Crippen LogP contribution in [0.25, 0.3) is 0 Å². The third-order valence-electron chi connectivity index (χ3n) is 1.78. The van der Waals surface area contributed by atoms with E-state index in [0.717, 1.165) is 6.07 Å². The maximum Gasteiger partial charge on any atom is 0.417 e. The summed E-state index contributed by atoms with van der Waals surface area (Å²) in [5, 5.41) is 8.58. The van der Waals surface area contributed by atoms with Crippen molar-refractivity contribution >= 4 is 11.2 Å². The zero-order valence-electron chi connectivity index (χ0n) is 7.56. The summed E-state index contributed by atoms with van der Waals surface area (Å²) in [4.78, 5) is -1.67. The van der Waals surface area contributed by atoms with Crippen molar-refractivity contribution in [3.05, 3.63) is 29.3 Å². The summed E-state index contributed by atoms with van der Waals surface area (Å²) >= 11 is -5.94. The van der Waals surface area contributed by atoms with Crippen molar-refractivity contribution in [2.75, 3.05) is 0 Å². The number of rotatable bonds is 2. The Morgan fingerprint density at radius 2 is 1.69 bits per heavy atom. The summed E-state index contributed by atoms with van der Waals surface area (Å²) in [5.41, 5.74) is -1.96. The monoisotopic (exact) mass is 264 g/mol. The Morgan fingerprint density at radius 3 is 2.06 bits per heavy atom. The Labute approximate surface area is 88.9 Å². The summed E-state index contributed by atoms with van der Waals surface area (Å²) in [6.07, 6.45) is -5.08. The number of aliphatic hydroxyl groups is 1. The molecule has 0 atom stereocenters. The molecule has 0 radical (unpaired) electrons. The average molecular weight is 264 g/mol. The Bertz CT molecular complexity index is 383. The fourth-order valence-electron chi connectivity index (χ4n) is 1.10. The van der Waals surface area contributed by atoms with Gasteiger partial charge < -0.3 is 5.11 Å². The molecule has 92 valence electrons. The van der Waals surface area contributed by atoms with Crippen molar-refractivity contribution in [1.29, 1.82) is 0 Å². The lowest BCUT2D eigenvalue weighted by atomic mass is 10.1. The van der Waals surface area contributed by atoms with E-state index >= 15 is 0 Å². The van der Waals surface area contributed by atoms with Crippen molar-refractivity contribution in [3.8, 4) is 0 Å². The van der Waals surface area contributed by atoms with Crippen LogP contribution in [0.4, 0.5) is 24.8 Å². The van der Waals surface area contributed by atoms with E-state index in [9.17, 15) is 24.8 Å². The molecule has 1 aromatic carbocycles. The van der Waals surface area contributed by atoms with Gasteiger partial charge in [-0.1, -0.05) is 6.07 Å². The lowest BCUT2D eigenvalue weighted by molar-refractivity contribution is -0.140. The van der Waals surface area contributed by atoms with Gasteiger partial charge in [-0.3, -0.25) is 0 Å². The Morgan fingerprint density at radius 1 is 1.12 bits per heavy atom. The van der Waals surface area contributed by atoms with Gasteiger partial charge in [-0.05, 0) is 17.7 Å².